The molecule has 1 aromatic carbocycles. The number of ether oxygens (including phenoxy) is 2. The van der Waals surface area contributed by atoms with Crippen molar-refractivity contribution in [2.24, 2.45) is 0 Å². The molecule has 4 nitrogen and oxygen atoms in total. The van der Waals surface area contributed by atoms with Crippen LogP contribution in [0.15, 0.2) is 18.2 Å². The summed E-state index contributed by atoms with van der Waals surface area (Å²) in [7, 11) is 3.15. The van der Waals surface area contributed by atoms with Crippen LogP contribution < -0.4 is 14.8 Å². The van der Waals surface area contributed by atoms with E-state index in [2.05, 4.69) is 17.2 Å². The number of hydrogen-bond acceptors (Lipinski definition) is 3. The lowest BCUT2D eigenvalue weighted by molar-refractivity contribution is -0.118. The molecule has 0 unspecified atom stereocenters. The summed E-state index contributed by atoms with van der Waals surface area (Å²) < 4.78 is 10.4. The lowest BCUT2D eigenvalue weighted by Crippen LogP contribution is -2.19. The van der Waals surface area contributed by atoms with Crippen molar-refractivity contribution >= 4 is 5.91 Å². The molecule has 0 spiro atoms. The maximum absolute atomic E-state index is 10.7. The van der Waals surface area contributed by atoms with Crippen molar-refractivity contribution in [3.8, 4) is 23.3 Å². The van der Waals surface area contributed by atoms with E-state index in [0.29, 0.717) is 23.6 Å². The zero-order valence-electron chi connectivity index (χ0n) is 10.2. The van der Waals surface area contributed by atoms with Gasteiger partial charge in [-0.2, -0.15) is 0 Å². The molecule has 0 radical (unpaired) electrons. The number of nitrogens with one attached hydrogen (secondary N) is 1. The van der Waals surface area contributed by atoms with Crippen molar-refractivity contribution in [2.75, 3.05) is 20.8 Å². The summed E-state index contributed by atoms with van der Waals surface area (Å²) in [5, 5.41) is 2.60. The third-order valence-electron chi connectivity index (χ3n) is 2.07. The van der Waals surface area contributed by atoms with Gasteiger partial charge < -0.3 is 14.8 Å². The van der Waals surface area contributed by atoms with Gasteiger partial charge >= 0.3 is 0 Å². The third-order valence-corrected chi connectivity index (χ3v) is 2.07. The molecule has 0 heterocycles. The summed E-state index contributed by atoms with van der Waals surface area (Å²) in [6.07, 6.45) is 0. The number of amides is 1. The SMILES string of the molecule is COc1cccc(OC)c1C#CCNC(C)=O. The van der Waals surface area contributed by atoms with Crippen LogP contribution >= 0.6 is 0 Å². The minimum absolute atomic E-state index is 0.105. The molecular weight excluding hydrogens is 218 g/mol. The summed E-state index contributed by atoms with van der Waals surface area (Å²) >= 11 is 0. The first kappa shape index (κ1) is 12.9. The van der Waals surface area contributed by atoms with Gasteiger partial charge in [-0.1, -0.05) is 17.9 Å². The monoisotopic (exact) mass is 233 g/mol. The number of carbonyl (C=O) groups excluding carboxylic acids is 1. The molecule has 1 amide bonds. The third kappa shape index (κ3) is 3.72. The molecule has 0 saturated carbocycles. The molecule has 0 atom stereocenters. The van der Waals surface area contributed by atoms with Crippen LogP contribution in [0, 0.1) is 11.8 Å². The Balaban J connectivity index is 2.91. The average molecular weight is 233 g/mol. The first-order valence-electron chi connectivity index (χ1n) is 5.13. The van der Waals surface area contributed by atoms with Crippen molar-refractivity contribution in [1.82, 2.24) is 5.32 Å². The van der Waals surface area contributed by atoms with Gasteiger partial charge in [0.1, 0.15) is 17.1 Å². The van der Waals surface area contributed by atoms with Crippen molar-refractivity contribution in [3.63, 3.8) is 0 Å². The van der Waals surface area contributed by atoms with E-state index in [0.717, 1.165) is 0 Å². The van der Waals surface area contributed by atoms with Gasteiger partial charge in [-0.05, 0) is 12.1 Å². The molecule has 90 valence electrons. The van der Waals surface area contributed by atoms with Crippen molar-refractivity contribution in [2.45, 2.75) is 6.92 Å². The van der Waals surface area contributed by atoms with Crippen molar-refractivity contribution in [3.05, 3.63) is 23.8 Å². The summed E-state index contributed by atoms with van der Waals surface area (Å²) in [6, 6.07) is 5.45. The Morgan fingerprint density at radius 3 is 2.35 bits per heavy atom. The second-order valence-electron chi connectivity index (χ2n) is 3.25. The standard InChI is InChI=1S/C13H15NO3/c1-10(15)14-9-5-6-11-12(16-2)7-4-8-13(11)17-3/h4,7-8H,9H2,1-3H3,(H,14,15). The number of hydrogen-bond donors (Lipinski definition) is 1. The summed E-state index contributed by atoms with van der Waals surface area (Å²) in [4.78, 5) is 10.7. The molecule has 1 N–H and O–H groups in total. The summed E-state index contributed by atoms with van der Waals surface area (Å²) in [5.41, 5.74) is 0.683. The zero-order chi connectivity index (χ0) is 12.7. The van der Waals surface area contributed by atoms with Crippen LogP contribution in [0.5, 0.6) is 11.5 Å². The zero-order valence-corrected chi connectivity index (χ0v) is 10.2. The fourth-order valence-electron chi connectivity index (χ4n) is 1.28. The Labute approximate surface area is 101 Å². The van der Waals surface area contributed by atoms with Gasteiger partial charge in [-0.25, -0.2) is 0 Å². The van der Waals surface area contributed by atoms with E-state index < -0.39 is 0 Å². The first-order valence-corrected chi connectivity index (χ1v) is 5.13. The highest BCUT2D eigenvalue weighted by atomic mass is 16.5. The molecule has 1 aromatic rings. The number of methoxy groups -OCH3 is 2. The minimum Gasteiger partial charge on any atom is -0.495 e. The summed E-state index contributed by atoms with van der Waals surface area (Å²) in [6.45, 7) is 1.75. The molecular formula is C13H15NO3. The summed E-state index contributed by atoms with van der Waals surface area (Å²) in [5.74, 6) is 6.96. The fourth-order valence-corrected chi connectivity index (χ4v) is 1.28. The number of benzene rings is 1. The van der Waals surface area contributed by atoms with Gasteiger partial charge in [0.2, 0.25) is 5.91 Å². The smallest absolute Gasteiger partial charge is 0.217 e. The van der Waals surface area contributed by atoms with Crippen LogP contribution in [0.4, 0.5) is 0 Å². The van der Waals surface area contributed by atoms with E-state index in [-0.39, 0.29) is 5.91 Å². The predicted octanol–water partition coefficient (Wildman–Crippen LogP) is 1.19. The molecule has 1 rings (SSSR count). The highest BCUT2D eigenvalue weighted by Crippen LogP contribution is 2.26. The Kier molecular flexibility index (Phi) is 4.89. The molecule has 0 aromatic heterocycles. The van der Waals surface area contributed by atoms with E-state index in [1.54, 1.807) is 14.2 Å². The normalized spacial score (nSPS) is 8.88. The van der Waals surface area contributed by atoms with Crippen LogP contribution in [0.2, 0.25) is 0 Å². The van der Waals surface area contributed by atoms with E-state index in [9.17, 15) is 4.79 Å². The molecule has 0 aliphatic heterocycles. The second-order valence-corrected chi connectivity index (χ2v) is 3.25. The highest BCUT2D eigenvalue weighted by Gasteiger charge is 2.05. The van der Waals surface area contributed by atoms with Gasteiger partial charge in [0.15, 0.2) is 0 Å². The van der Waals surface area contributed by atoms with Crippen LogP contribution in [0.25, 0.3) is 0 Å². The van der Waals surface area contributed by atoms with Crippen molar-refractivity contribution in [1.29, 1.82) is 0 Å². The highest BCUT2D eigenvalue weighted by molar-refractivity contribution is 5.73. The van der Waals surface area contributed by atoms with E-state index >= 15 is 0 Å². The molecule has 4 heteroatoms. The number of rotatable bonds is 3. The Morgan fingerprint density at radius 2 is 1.88 bits per heavy atom. The Hall–Kier alpha value is -2.15. The Bertz CT molecular complexity index is 435. The Morgan fingerprint density at radius 1 is 1.29 bits per heavy atom. The second kappa shape index (κ2) is 6.44. The lowest BCUT2D eigenvalue weighted by atomic mass is 10.2. The maximum Gasteiger partial charge on any atom is 0.217 e. The average Bonchev–Trinajstić information content (AvgIpc) is 2.34. The van der Waals surface area contributed by atoms with Gasteiger partial charge in [-0.3, -0.25) is 4.79 Å². The molecule has 0 aliphatic carbocycles. The van der Waals surface area contributed by atoms with Gasteiger partial charge in [0.05, 0.1) is 20.8 Å². The molecule has 0 fully saturated rings. The molecule has 0 aliphatic rings. The van der Waals surface area contributed by atoms with Gasteiger partial charge in [0.25, 0.3) is 0 Å². The predicted molar refractivity (Wildman–Crippen MR) is 65.1 cm³/mol. The topological polar surface area (TPSA) is 47.6 Å². The molecule has 0 bridgehead atoms. The fraction of sp³-hybridized carbons (Fsp3) is 0.308. The van der Waals surface area contributed by atoms with Crippen LogP contribution in [-0.4, -0.2) is 26.7 Å². The van der Waals surface area contributed by atoms with Crippen molar-refractivity contribution < 1.29 is 14.3 Å². The van der Waals surface area contributed by atoms with Crippen LogP contribution in [-0.2, 0) is 4.79 Å². The van der Waals surface area contributed by atoms with E-state index in [1.165, 1.54) is 6.92 Å². The first-order chi connectivity index (χ1) is 8.19. The quantitative estimate of drug-likeness (QED) is 0.798. The van der Waals surface area contributed by atoms with E-state index in [4.69, 9.17) is 9.47 Å². The molecule has 17 heavy (non-hydrogen) atoms. The lowest BCUT2D eigenvalue weighted by Gasteiger charge is -2.07. The van der Waals surface area contributed by atoms with E-state index in [1.807, 2.05) is 18.2 Å². The minimum atomic E-state index is -0.105. The largest absolute Gasteiger partial charge is 0.495 e. The maximum atomic E-state index is 10.7. The van der Waals surface area contributed by atoms with Crippen LogP contribution in [0.3, 0.4) is 0 Å². The van der Waals surface area contributed by atoms with Gasteiger partial charge in [-0.15, -0.1) is 0 Å². The van der Waals surface area contributed by atoms with Crippen LogP contribution in [0.1, 0.15) is 12.5 Å². The number of carbonyl (C=O) groups is 1. The van der Waals surface area contributed by atoms with Gasteiger partial charge in [0, 0.05) is 6.92 Å². The molecule has 0 saturated heterocycles.